The van der Waals surface area contributed by atoms with Gasteiger partial charge in [0.2, 0.25) is 0 Å². The molecule has 0 amide bonds. The van der Waals surface area contributed by atoms with Gasteiger partial charge in [0, 0.05) is 11.1 Å². The van der Waals surface area contributed by atoms with Gasteiger partial charge in [-0.2, -0.15) is 0 Å². The Hall–Kier alpha value is -0.840. The molecule has 0 aromatic carbocycles. The molecule has 0 bridgehead atoms. The molecular weight excluding hydrogens is 230 g/mol. The largest absolute Gasteiger partial charge is 0.465 e. The third kappa shape index (κ3) is 3.83. The number of nitrogens with one attached hydrogen (secondary N) is 1. The molecule has 18 heavy (non-hydrogen) atoms. The quantitative estimate of drug-likeness (QED) is 0.875. The van der Waals surface area contributed by atoms with Crippen LogP contribution >= 0.6 is 0 Å². The number of furan rings is 1. The van der Waals surface area contributed by atoms with E-state index in [4.69, 9.17) is 13.9 Å². The molecule has 0 unspecified atom stereocenters. The molecule has 1 aromatic heterocycles. The third-order valence-electron chi connectivity index (χ3n) is 2.95. The van der Waals surface area contributed by atoms with Gasteiger partial charge in [-0.25, -0.2) is 0 Å². The predicted octanol–water partition coefficient (Wildman–Crippen LogP) is 2.39. The van der Waals surface area contributed by atoms with Crippen LogP contribution in [0.25, 0.3) is 0 Å². The molecule has 0 spiro atoms. The summed E-state index contributed by atoms with van der Waals surface area (Å²) in [6.45, 7) is 11.2. The summed E-state index contributed by atoms with van der Waals surface area (Å²) in [7, 11) is 0. The van der Waals surface area contributed by atoms with Crippen LogP contribution in [0.4, 0.5) is 0 Å². The van der Waals surface area contributed by atoms with E-state index in [1.165, 1.54) is 0 Å². The maximum absolute atomic E-state index is 5.72. The van der Waals surface area contributed by atoms with E-state index in [-0.39, 0.29) is 11.6 Å². The second-order valence-electron chi connectivity index (χ2n) is 5.87. The van der Waals surface area contributed by atoms with Crippen LogP contribution in [-0.2, 0) is 22.6 Å². The average Bonchev–Trinajstić information content (AvgIpc) is 2.54. The molecule has 0 radical (unpaired) electrons. The van der Waals surface area contributed by atoms with Crippen molar-refractivity contribution in [3.63, 3.8) is 0 Å². The fourth-order valence-corrected chi connectivity index (χ4v) is 1.69. The minimum absolute atomic E-state index is 0.0978. The lowest BCUT2D eigenvalue weighted by Gasteiger charge is -2.25. The van der Waals surface area contributed by atoms with Crippen molar-refractivity contribution in [2.45, 2.75) is 52.5 Å². The molecule has 1 aliphatic rings. The van der Waals surface area contributed by atoms with Crippen LogP contribution < -0.4 is 5.32 Å². The topological polar surface area (TPSA) is 43.6 Å². The summed E-state index contributed by atoms with van der Waals surface area (Å²) in [4.78, 5) is 0. The van der Waals surface area contributed by atoms with Crippen molar-refractivity contribution in [2.75, 3.05) is 13.2 Å². The first kappa shape index (κ1) is 13.6. The van der Waals surface area contributed by atoms with Crippen molar-refractivity contribution in [2.24, 2.45) is 0 Å². The second kappa shape index (κ2) is 5.43. The van der Waals surface area contributed by atoms with Crippen molar-refractivity contribution in [1.82, 2.24) is 5.32 Å². The van der Waals surface area contributed by atoms with Crippen LogP contribution in [0.3, 0.4) is 0 Å². The first-order valence-electron chi connectivity index (χ1n) is 6.46. The van der Waals surface area contributed by atoms with Crippen molar-refractivity contribution >= 4 is 0 Å². The fourth-order valence-electron chi connectivity index (χ4n) is 1.69. The Morgan fingerprint density at radius 2 is 2.11 bits per heavy atom. The Morgan fingerprint density at radius 1 is 1.39 bits per heavy atom. The molecule has 1 saturated heterocycles. The molecule has 1 N–H and O–H groups in total. The minimum atomic E-state index is 0.0978. The van der Waals surface area contributed by atoms with Gasteiger partial charge < -0.3 is 19.2 Å². The smallest absolute Gasteiger partial charge is 0.118 e. The number of ether oxygens (including phenoxy) is 2. The number of rotatable bonds is 5. The summed E-state index contributed by atoms with van der Waals surface area (Å²) < 4.78 is 16.5. The average molecular weight is 253 g/mol. The van der Waals surface area contributed by atoms with Crippen LogP contribution in [0.2, 0.25) is 0 Å². The van der Waals surface area contributed by atoms with Crippen molar-refractivity contribution in [1.29, 1.82) is 0 Å². The Bertz CT molecular complexity index is 388. The van der Waals surface area contributed by atoms with E-state index in [1.54, 1.807) is 0 Å². The van der Waals surface area contributed by atoms with Gasteiger partial charge >= 0.3 is 0 Å². The number of aryl methyl sites for hydroxylation is 1. The number of hydrogen-bond acceptors (Lipinski definition) is 4. The zero-order valence-corrected chi connectivity index (χ0v) is 11.7. The van der Waals surface area contributed by atoms with Crippen molar-refractivity contribution in [3.05, 3.63) is 23.2 Å². The van der Waals surface area contributed by atoms with E-state index >= 15 is 0 Å². The van der Waals surface area contributed by atoms with Gasteiger partial charge in [-0.1, -0.05) is 0 Å². The Labute approximate surface area is 109 Å². The summed E-state index contributed by atoms with van der Waals surface area (Å²) in [5.41, 5.74) is 1.23. The maximum Gasteiger partial charge on any atom is 0.118 e. The lowest BCUT2D eigenvalue weighted by atomic mass is 10.1. The van der Waals surface area contributed by atoms with Crippen LogP contribution in [0.15, 0.2) is 10.5 Å². The zero-order valence-electron chi connectivity index (χ0n) is 11.7. The van der Waals surface area contributed by atoms with E-state index in [9.17, 15) is 0 Å². The first-order chi connectivity index (χ1) is 8.44. The Kier molecular flexibility index (Phi) is 4.10. The SMILES string of the molecule is Cc1oc(CNC(C)(C)C)cc1COC1COC1. The molecule has 4 heteroatoms. The highest BCUT2D eigenvalue weighted by Crippen LogP contribution is 2.18. The van der Waals surface area contributed by atoms with Crippen LogP contribution in [0.5, 0.6) is 0 Å². The van der Waals surface area contributed by atoms with Gasteiger partial charge in [0.1, 0.15) is 17.6 Å². The standard InChI is InChI=1S/C14H23NO3/c1-10-11(7-17-13-8-16-9-13)5-12(18-10)6-15-14(2,3)4/h5,13,15H,6-9H2,1-4H3. The van der Waals surface area contributed by atoms with Crippen LogP contribution in [-0.4, -0.2) is 24.9 Å². The van der Waals surface area contributed by atoms with Gasteiger partial charge in [0.15, 0.2) is 0 Å². The fraction of sp³-hybridized carbons (Fsp3) is 0.714. The van der Waals surface area contributed by atoms with Crippen molar-refractivity contribution < 1.29 is 13.9 Å². The van der Waals surface area contributed by atoms with Gasteiger partial charge in [0.05, 0.1) is 26.4 Å². The molecule has 1 aliphatic heterocycles. The van der Waals surface area contributed by atoms with Gasteiger partial charge in [-0.05, 0) is 33.8 Å². The van der Waals surface area contributed by atoms with Crippen LogP contribution in [0, 0.1) is 6.92 Å². The molecule has 2 heterocycles. The van der Waals surface area contributed by atoms with Crippen molar-refractivity contribution in [3.8, 4) is 0 Å². The first-order valence-corrected chi connectivity index (χ1v) is 6.46. The molecule has 0 saturated carbocycles. The van der Waals surface area contributed by atoms with E-state index in [0.717, 1.165) is 36.8 Å². The zero-order chi connectivity index (χ0) is 13.2. The summed E-state index contributed by atoms with van der Waals surface area (Å²) in [5, 5.41) is 3.41. The highest BCUT2D eigenvalue weighted by Gasteiger charge is 2.20. The molecule has 4 nitrogen and oxygen atoms in total. The predicted molar refractivity (Wildman–Crippen MR) is 69.4 cm³/mol. The normalized spacial score (nSPS) is 16.9. The van der Waals surface area contributed by atoms with E-state index in [2.05, 4.69) is 32.2 Å². The monoisotopic (exact) mass is 253 g/mol. The molecular formula is C14H23NO3. The van der Waals surface area contributed by atoms with E-state index < -0.39 is 0 Å². The lowest BCUT2D eigenvalue weighted by Crippen LogP contribution is -2.35. The van der Waals surface area contributed by atoms with Crippen LogP contribution in [0.1, 0.15) is 37.9 Å². The molecule has 0 aliphatic carbocycles. The highest BCUT2D eigenvalue weighted by molar-refractivity contribution is 5.20. The molecule has 102 valence electrons. The van der Waals surface area contributed by atoms with Gasteiger partial charge in [-0.15, -0.1) is 0 Å². The summed E-state index contributed by atoms with van der Waals surface area (Å²) in [6.07, 6.45) is 0.260. The molecule has 1 fully saturated rings. The lowest BCUT2D eigenvalue weighted by molar-refractivity contribution is -0.135. The summed E-state index contributed by atoms with van der Waals surface area (Å²) in [6, 6.07) is 2.08. The highest BCUT2D eigenvalue weighted by atomic mass is 16.6. The molecule has 2 rings (SSSR count). The van der Waals surface area contributed by atoms with E-state index in [0.29, 0.717) is 6.61 Å². The third-order valence-corrected chi connectivity index (χ3v) is 2.95. The molecule has 1 aromatic rings. The molecule has 0 atom stereocenters. The van der Waals surface area contributed by atoms with E-state index in [1.807, 2.05) is 6.92 Å². The minimum Gasteiger partial charge on any atom is -0.465 e. The Morgan fingerprint density at radius 3 is 2.67 bits per heavy atom. The Balaban J connectivity index is 1.85. The van der Waals surface area contributed by atoms with Gasteiger partial charge in [0.25, 0.3) is 0 Å². The maximum atomic E-state index is 5.72. The van der Waals surface area contributed by atoms with Gasteiger partial charge in [-0.3, -0.25) is 0 Å². The summed E-state index contributed by atoms with van der Waals surface area (Å²) in [5.74, 6) is 1.91. The number of hydrogen-bond donors (Lipinski definition) is 1. The summed E-state index contributed by atoms with van der Waals surface area (Å²) >= 11 is 0. The second-order valence-corrected chi connectivity index (χ2v) is 5.87.